The zero-order valence-corrected chi connectivity index (χ0v) is 9.59. The molecule has 0 atom stereocenters. The van der Waals surface area contributed by atoms with Crippen LogP contribution in [-0.2, 0) is 0 Å². The van der Waals surface area contributed by atoms with Crippen LogP contribution >= 0.6 is 0 Å². The molecule has 1 aliphatic heterocycles. The van der Waals surface area contributed by atoms with E-state index in [0.717, 1.165) is 11.1 Å². The molecule has 1 aromatic heterocycles. The molecule has 0 aliphatic carbocycles. The molecule has 0 fully saturated rings. The molecule has 1 aromatic rings. The van der Waals surface area contributed by atoms with Gasteiger partial charge in [0, 0.05) is 24.8 Å². The highest BCUT2D eigenvalue weighted by molar-refractivity contribution is 5.73. The lowest BCUT2D eigenvalue weighted by molar-refractivity contribution is 0.150. The van der Waals surface area contributed by atoms with Crippen LogP contribution in [0, 0.1) is 0 Å². The lowest BCUT2D eigenvalue weighted by Crippen LogP contribution is -2.33. The second-order valence-corrected chi connectivity index (χ2v) is 3.77. The number of methoxy groups -OCH3 is 1. The molecule has 2 heterocycles. The third kappa shape index (κ3) is 2.38. The number of ether oxygens (including phenoxy) is 1. The van der Waals surface area contributed by atoms with Crippen molar-refractivity contribution in [1.82, 2.24) is 9.88 Å². The summed E-state index contributed by atoms with van der Waals surface area (Å²) in [4.78, 5) is 16.3. The summed E-state index contributed by atoms with van der Waals surface area (Å²) in [5, 5.41) is 8.86. The molecule has 0 radical (unpaired) electrons. The maximum Gasteiger partial charge on any atom is 0.407 e. The van der Waals surface area contributed by atoms with Crippen LogP contribution in [0.1, 0.15) is 12.0 Å². The molecule has 0 spiro atoms. The SMILES string of the molecule is COc1ncccc1C1=CCN(C(=O)O)CC1. The first-order chi connectivity index (χ1) is 8.22. The van der Waals surface area contributed by atoms with Gasteiger partial charge in [-0.15, -0.1) is 0 Å². The van der Waals surface area contributed by atoms with E-state index < -0.39 is 6.09 Å². The summed E-state index contributed by atoms with van der Waals surface area (Å²) >= 11 is 0. The van der Waals surface area contributed by atoms with Gasteiger partial charge >= 0.3 is 6.09 Å². The topological polar surface area (TPSA) is 62.7 Å². The van der Waals surface area contributed by atoms with Crippen LogP contribution in [0.5, 0.6) is 5.88 Å². The Bertz CT molecular complexity index is 457. The summed E-state index contributed by atoms with van der Waals surface area (Å²) < 4.78 is 5.19. The monoisotopic (exact) mass is 234 g/mol. The maximum atomic E-state index is 10.8. The molecule has 0 saturated heterocycles. The quantitative estimate of drug-likeness (QED) is 0.848. The van der Waals surface area contributed by atoms with E-state index in [9.17, 15) is 4.79 Å². The third-order valence-electron chi connectivity index (χ3n) is 2.79. The fourth-order valence-electron chi connectivity index (χ4n) is 1.89. The average Bonchev–Trinajstić information content (AvgIpc) is 2.39. The van der Waals surface area contributed by atoms with Crippen LogP contribution < -0.4 is 4.74 Å². The number of pyridine rings is 1. The zero-order chi connectivity index (χ0) is 12.3. The lowest BCUT2D eigenvalue weighted by atomic mass is 10.0. The molecule has 2 rings (SSSR count). The summed E-state index contributed by atoms with van der Waals surface area (Å²) in [6.07, 6.45) is 3.40. The van der Waals surface area contributed by atoms with Gasteiger partial charge in [-0.25, -0.2) is 9.78 Å². The number of nitrogens with zero attached hydrogens (tertiary/aromatic N) is 2. The zero-order valence-electron chi connectivity index (χ0n) is 9.59. The van der Waals surface area contributed by atoms with Gasteiger partial charge < -0.3 is 14.7 Å². The van der Waals surface area contributed by atoms with Crippen LogP contribution in [0.25, 0.3) is 5.57 Å². The Hall–Kier alpha value is -2.04. The van der Waals surface area contributed by atoms with E-state index in [2.05, 4.69) is 4.98 Å². The van der Waals surface area contributed by atoms with Crippen LogP contribution in [0.2, 0.25) is 0 Å². The number of hydrogen-bond acceptors (Lipinski definition) is 3. The van der Waals surface area contributed by atoms with Crippen LogP contribution in [0.15, 0.2) is 24.4 Å². The standard InChI is InChI=1S/C12H14N2O3/c1-17-11-10(3-2-6-13-11)9-4-7-14(8-5-9)12(15)16/h2-4,6H,5,7-8H2,1H3,(H,15,16). The maximum absolute atomic E-state index is 10.8. The van der Waals surface area contributed by atoms with Gasteiger partial charge in [0.2, 0.25) is 5.88 Å². The van der Waals surface area contributed by atoms with Gasteiger partial charge in [-0.1, -0.05) is 6.08 Å². The Labute approximate surface area is 99.3 Å². The molecular formula is C12H14N2O3. The molecule has 0 unspecified atom stereocenters. The summed E-state index contributed by atoms with van der Waals surface area (Å²) in [6.45, 7) is 0.932. The van der Waals surface area contributed by atoms with Gasteiger partial charge in [-0.05, 0) is 24.1 Å². The van der Waals surface area contributed by atoms with E-state index >= 15 is 0 Å². The van der Waals surface area contributed by atoms with Crippen molar-refractivity contribution in [2.45, 2.75) is 6.42 Å². The van der Waals surface area contributed by atoms with Crippen molar-refractivity contribution in [3.8, 4) is 5.88 Å². The summed E-state index contributed by atoms with van der Waals surface area (Å²) in [7, 11) is 1.58. The number of rotatable bonds is 2. The smallest absolute Gasteiger partial charge is 0.407 e. The van der Waals surface area contributed by atoms with E-state index in [1.807, 2.05) is 18.2 Å². The summed E-state index contributed by atoms with van der Waals surface area (Å²) in [6, 6.07) is 3.79. The molecule has 0 saturated carbocycles. The van der Waals surface area contributed by atoms with E-state index in [-0.39, 0.29) is 0 Å². The number of amides is 1. The van der Waals surface area contributed by atoms with E-state index in [4.69, 9.17) is 9.84 Å². The van der Waals surface area contributed by atoms with Crippen molar-refractivity contribution >= 4 is 11.7 Å². The normalized spacial score (nSPS) is 15.4. The second-order valence-electron chi connectivity index (χ2n) is 3.77. The molecule has 5 heteroatoms. The largest absolute Gasteiger partial charge is 0.481 e. The molecule has 0 bridgehead atoms. The minimum absolute atomic E-state index is 0.419. The number of hydrogen-bond donors (Lipinski definition) is 1. The predicted molar refractivity (Wildman–Crippen MR) is 63.0 cm³/mol. The van der Waals surface area contributed by atoms with Crippen molar-refractivity contribution in [2.24, 2.45) is 0 Å². The van der Waals surface area contributed by atoms with Gasteiger partial charge in [-0.2, -0.15) is 0 Å². The van der Waals surface area contributed by atoms with E-state index in [1.54, 1.807) is 13.3 Å². The Morgan fingerprint density at radius 1 is 1.59 bits per heavy atom. The van der Waals surface area contributed by atoms with Gasteiger partial charge in [0.1, 0.15) is 0 Å². The van der Waals surface area contributed by atoms with Crippen molar-refractivity contribution in [3.63, 3.8) is 0 Å². The fraction of sp³-hybridized carbons (Fsp3) is 0.333. The Kier molecular flexibility index (Phi) is 3.27. The van der Waals surface area contributed by atoms with Crippen molar-refractivity contribution in [3.05, 3.63) is 30.0 Å². The second kappa shape index (κ2) is 4.86. The third-order valence-corrected chi connectivity index (χ3v) is 2.79. The first-order valence-electron chi connectivity index (χ1n) is 5.38. The van der Waals surface area contributed by atoms with Gasteiger partial charge in [0.25, 0.3) is 0 Å². The minimum atomic E-state index is -0.876. The summed E-state index contributed by atoms with van der Waals surface area (Å²) in [5.41, 5.74) is 2.03. The molecule has 5 nitrogen and oxygen atoms in total. The Morgan fingerprint density at radius 3 is 3.00 bits per heavy atom. The Balaban J connectivity index is 2.22. The Morgan fingerprint density at radius 2 is 2.41 bits per heavy atom. The highest BCUT2D eigenvalue weighted by Crippen LogP contribution is 2.28. The van der Waals surface area contributed by atoms with Gasteiger partial charge in [-0.3, -0.25) is 0 Å². The highest BCUT2D eigenvalue weighted by Gasteiger charge is 2.18. The van der Waals surface area contributed by atoms with Gasteiger partial charge in [0.05, 0.1) is 7.11 Å². The summed E-state index contributed by atoms with van der Waals surface area (Å²) in [5.74, 6) is 0.586. The lowest BCUT2D eigenvalue weighted by Gasteiger charge is -2.24. The highest BCUT2D eigenvalue weighted by atomic mass is 16.5. The molecule has 90 valence electrons. The average molecular weight is 234 g/mol. The van der Waals surface area contributed by atoms with E-state index in [1.165, 1.54) is 4.90 Å². The minimum Gasteiger partial charge on any atom is -0.481 e. The predicted octanol–water partition coefficient (Wildman–Crippen LogP) is 1.86. The number of carbonyl (C=O) groups is 1. The van der Waals surface area contributed by atoms with Crippen molar-refractivity contribution < 1.29 is 14.6 Å². The molecule has 1 N–H and O–H groups in total. The first kappa shape index (κ1) is 11.4. The molecule has 0 aromatic carbocycles. The van der Waals surface area contributed by atoms with Crippen LogP contribution in [-0.4, -0.2) is 41.3 Å². The van der Waals surface area contributed by atoms with E-state index in [0.29, 0.717) is 25.4 Å². The van der Waals surface area contributed by atoms with Crippen LogP contribution in [0.4, 0.5) is 4.79 Å². The van der Waals surface area contributed by atoms with Crippen LogP contribution in [0.3, 0.4) is 0 Å². The number of aromatic nitrogens is 1. The van der Waals surface area contributed by atoms with Gasteiger partial charge in [0.15, 0.2) is 0 Å². The molecule has 1 amide bonds. The number of carboxylic acid groups (broad SMARTS) is 1. The fourth-order valence-corrected chi connectivity index (χ4v) is 1.89. The first-order valence-corrected chi connectivity index (χ1v) is 5.38. The molecule has 17 heavy (non-hydrogen) atoms. The van der Waals surface area contributed by atoms with Crippen molar-refractivity contribution in [1.29, 1.82) is 0 Å². The molecular weight excluding hydrogens is 220 g/mol. The van der Waals surface area contributed by atoms with Crippen molar-refractivity contribution in [2.75, 3.05) is 20.2 Å². The molecule has 1 aliphatic rings.